The number of hydrogen-bond acceptors (Lipinski definition) is 6. The van der Waals surface area contributed by atoms with E-state index in [9.17, 15) is 19.5 Å². The Labute approximate surface area is 251 Å². The molecule has 5 atom stereocenters. The number of carbonyl (C=O) groups is 1. The molecule has 0 bridgehead atoms. The molecule has 0 radical (unpaired) electrons. The lowest BCUT2D eigenvalue weighted by Gasteiger charge is -2.44. The van der Waals surface area contributed by atoms with Crippen LogP contribution >= 0.6 is 0 Å². The molecule has 2 aliphatic rings. The number of para-hydroxylation sites is 1. The van der Waals surface area contributed by atoms with Gasteiger partial charge in [-0.05, 0) is 61.0 Å². The molecular formula is C33H39N3O6Si. The number of H-pyrrole nitrogens is 1. The zero-order chi connectivity index (χ0) is 30.5. The third-order valence-corrected chi connectivity index (χ3v) is 11.6. The summed E-state index contributed by atoms with van der Waals surface area (Å²) in [7, 11) is -1.29. The number of aliphatic hydroxyl groups excluding tert-OH is 1. The van der Waals surface area contributed by atoms with Gasteiger partial charge in [0.25, 0.3) is 5.56 Å². The Kier molecular flexibility index (Phi) is 7.80. The lowest BCUT2D eigenvalue weighted by molar-refractivity contribution is -0.136. The molecule has 6 rings (SSSR count). The van der Waals surface area contributed by atoms with Gasteiger partial charge in [0.05, 0.1) is 35.3 Å². The first-order valence-electron chi connectivity index (χ1n) is 14.8. The third kappa shape index (κ3) is 5.33. The lowest BCUT2D eigenvalue weighted by Crippen LogP contribution is -2.52. The summed E-state index contributed by atoms with van der Waals surface area (Å²) < 4.78 is 14.2. The molecule has 3 heterocycles. The van der Waals surface area contributed by atoms with Crippen LogP contribution in [0.5, 0.6) is 5.75 Å². The smallest absolute Gasteiger partial charge is 0.279 e. The van der Waals surface area contributed by atoms with E-state index < -0.39 is 20.0 Å². The van der Waals surface area contributed by atoms with Crippen molar-refractivity contribution in [3.8, 4) is 11.4 Å². The maximum atomic E-state index is 13.9. The molecule has 0 saturated heterocycles. The Morgan fingerprint density at radius 3 is 2.53 bits per heavy atom. The minimum Gasteiger partial charge on any atom is -0.490 e. The van der Waals surface area contributed by atoms with Crippen LogP contribution in [-0.4, -0.2) is 64.7 Å². The molecule has 10 heteroatoms. The number of rotatable bonds is 7. The molecule has 226 valence electrons. The number of aromatic amines is 1. The van der Waals surface area contributed by atoms with Gasteiger partial charge >= 0.3 is 0 Å². The van der Waals surface area contributed by atoms with Crippen molar-refractivity contribution in [1.82, 2.24) is 14.7 Å². The van der Waals surface area contributed by atoms with E-state index in [0.717, 1.165) is 22.2 Å². The second-order valence-corrected chi connectivity index (χ2v) is 16.5. The first-order chi connectivity index (χ1) is 20.6. The van der Waals surface area contributed by atoms with Gasteiger partial charge in [0.1, 0.15) is 11.9 Å². The average molecular weight is 602 g/mol. The fraction of sp³-hybridized carbons (Fsp3) is 0.394. The van der Waals surface area contributed by atoms with Crippen molar-refractivity contribution in [3.63, 3.8) is 0 Å². The van der Waals surface area contributed by atoms with Gasteiger partial charge in [-0.2, -0.15) is 0 Å². The van der Waals surface area contributed by atoms with E-state index in [4.69, 9.17) is 9.47 Å². The minimum absolute atomic E-state index is 0.0997. The normalized spacial score (nSPS) is 22.5. The molecule has 1 unspecified atom stereocenters. The second-order valence-electron chi connectivity index (χ2n) is 12.4. The van der Waals surface area contributed by atoms with Crippen molar-refractivity contribution in [2.45, 2.75) is 63.2 Å². The standard InChI is InChI=1S/C33H39N3O6Si/c1-20-31(41-2)26-16-23(36-33(39)25-11-7-8-12-27(25)34-36)13-14-28(26)42-32(20)29(43(3,4)40)17-30(38)35-18-22-10-6-5-9-21(22)15-24(35)19-37/h5-14,16,20,24,29,31-32,34,37,40H,15,17-19H2,1-4H3/t20-,24-,29?,31-,32-/m0/s1. The lowest BCUT2D eigenvalue weighted by atomic mass is 9.86. The fourth-order valence-electron chi connectivity index (χ4n) is 6.86. The number of aliphatic hydroxyl groups is 1. The van der Waals surface area contributed by atoms with Crippen LogP contribution in [0.3, 0.4) is 0 Å². The van der Waals surface area contributed by atoms with Crippen molar-refractivity contribution in [1.29, 1.82) is 0 Å². The van der Waals surface area contributed by atoms with Crippen LogP contribution in [0.2, 0.25) is 18.6 Å². The van der Waals surface area contributed by atoms with E-state index in [1.54, 1.807) is 18.1 Å². The maximum Gasteiger partial charge on any atom is 0.279 e. The molecule has 0 aliphatic carbocycles. The highest BCUT2D eigenvalue weighted by atomic mass is 28.4. The van der Waals surface area contributed by atoms with Crippen molar-refractivity contribution in [3.05, 3.63) is 93.8 Å². The number of benzene rings is 3. The van der Waals surface area contributed by atoms with Gasteiger partial charge in [-0.3, -0.25) is 14.7 Å². The van der Waals surface area contributed by atoms with Gasteiger partial charge in [-0.15, -0.1) is 0 Å². The molecule has 3 aromatic carbocycles. The molecule has 1 amide bonds. The Morgan fingerprint density at radius 1 is 1.12 bits per heavy atom. The molecule has 4 aromatic rings. The number of fused-ring (bicyclic) bond motifs is 3. The van der Waals surface area contributed by atoms with E-state index >= 15 is 0 Å². The highest BCUT2D eigenvalue weighted by molar-refractivity contribution is 6.71. The number of amides is 1. The molecule has 43 heavy (non-hydrogen) atoms. The van der Waals surface area contributed by atoms with Crippen LogP contribution in [0.15, 0.2) is 71.5 Å². The van der Waals surface area contributed by atoms with Gasteiger partial charge in [-0.25, -0.2) is 4.68 Å². The van der Waals surface area contributed by atoms with E-state index in [-0.39, 0.29) is 42.6 Å². The zero-order valence-electron chi connectivity index (χ0n) is 25.0. The number of hydrogen-bond donors (Lipinski definition) is 3. The number of nitrogens with one attached hydrogen (secondary N) is 1. The fourth-order valence-corrected chi connectivity index (χ4v) is 8.71. The van der Waals surface area contributed by atoms with Crippen LogP contribution < -0.4 is 10.3 Å². The SMILES string of the molecule is CO[C@@H]1c2cc(-n3[nH]c4ccccc4c3=O)ccc2O[C@H](C(CC(=O)N2Cc3ccccc3C[C@H]2CO)[Si](C)(C)O)[C@H]1C. The number of methoxy groups -OCH3 is 1. The summed E-state index contributed by atoms with van der Waals surface area (Å²) in [6.45, 7) is 6.02. The number of carbonyl (C=O) groups excluding carboxylic acids is 1. The summed E-state index contributed by atoms with van der Waals surface area (Å²) in [5.41, 5.74) is 3.90. The van der Waals surface area contributed by atoms with Crippen molar-refractivity contribution < 1.29 is 24.2 Å². The molecule has 1 aromatic heterocycles. The van der Waals surface area contributed by atoms with E-state index in [1.807, 2.05) is 80.7 Å². The quantitative estimate of drug-likeness (QED) is 0.272. The molecular weight excluding hydrogens is 562 g/mol. The van der Waals surface area contributed by atoms with E-state index in [0.29, 0.717) is 29.8 Å². The molecule has 3 N–H and O–H groups in total. The summed E-state index contributed by atoms with van der Waals surface area (Å²) in [5, 5.41) is 13.9. The molecule has 2 aliphatic heterocycles. The van der Waals surface area contributed by atoms with Crippen LogP contribution in [0.25, 0.3) is 16.6 Å². The predicted molar refractivity (Wildman–Crippen MR) is 167 cm³/mol. The van der Waals surface area contributed by atoms with Gasteiger partial charge in [-0.1, -0.05) is 43.3 Å². The van der Waals surface area contributed by atoms with Crippen LogP contribution in [0.4, 0.5) is 0 Å². The van der Waals surface area contributed by atoms with E-state index in [1.165, 1.54) is 4.68 Å². The Balaban J connectivity index is 1.30. The monoisotopic (exact) mass is 601 g/mol. The summed E-state index contributed by atoms with van der Waals surface area (Å²) in [4.78, 5) is 40.3. The van der Waals surface area contributed by atoms with Gasteiger partial charge in [0.15, 0.2) is 8.32 Å². The number of nitrogens with zero attached hydrogens (tertiary/aromatic N) is 2. The third-order valence-electron chi connectivity index (χ3n) is 9.25. The second kappa shape index (κ2) is 11.4. The van der Waals surface area contributed by atoms with Crippen molar-refractivity contribution >= 4 is 25.1 Å². The predicted octanol–water partition coefficient (Wildman–Crippen LogP) is 4.31. The van der Waals surface area contributed by atoms with E-state index in [2.05, 4.69) is 5.10 Å². The number of ether oxygens (including phenoxy) is 2. The highest BCUT2D eigenvalue weighted by Crippen LogP contribution is 2.47. The van der Waals surface area contributed by atoms with Gasteiger partial charge < -0.3 is 24.3 Å². The topological polar surface area (TPSA) is 117 Å². The van der Waals surface area contributed by atoms with Gasteiger partial charge in [0.2, 0.25) is 5.91 Å². The van der Waals surface area contributed by atoms with Crippen LogP contribution in [0, 0.1) is 5.92 Å². The largest absolute Gasteiger partial charge is 0.490 e. The minimum atomic E-state index is -2.94. The van der Waals surface area contributed by atoms with Crippen molar-refractivity contribution in [2.24, 2.45) is 5.92 Å². The Hall–Kier alpha value is -3.70. The molecule has 0 fully saturated rings. The van der Waals surface area contributed by atoms with Crippen molar-refractivity contribution in [2.75, 3.05) is 13.7 Å². The zero-order valence-corrected chi connectivity index (χ0v) is 26.0. The maximum absolute atomic E-state index is 13.9. The van der Waals surface area contributed by atoms with Crippen LogP contribution in [-0.2, 0) is 22.5 Å². The summed E-state index contributed by atoms with van der Waals surface area (Å²) in [6.07, 6.45) is -0.146. The summed E-state index contributed by atoms with van der Waals surface area (Å²) in [6, 6.07) is 20.7. The highest BCUT2D eigenvalue weighted by Gasteiger charge is 2.48. The Morgan fingerprint density at radius 2 is 1.84 bits per heavy atom. The summed E-state index contributed by atoms with van der Waals surface area (Å²) >= 11 is 0. The first kappa shape index (κ1) is 29.4. The average Bonchev–Trinajstić information content (AvgIpc) is 3.34. The first-order valence-corrected chi connectivity index (χ1v) is 17.9. The molecule has 0 spiro atoms. The number of aromatic nitrogens is 2. The van der Waals surface area contributed by atoms with Crippen LogP contribution in [0.1, 0.15) is 36.1 Å². The molecule has 0 saturated carbocycles. The van der Waals surface area contributed by atoms with Gasteiger partial charge in [0, 0.05) is 37.1 Å². The molecule has 9 nitrogen and oxygen atoms in total. The Bertz CT molecular complexity index is 1710. The summed E-state index contributed by atoms with van der Waals surface area (Å²) in [5.74, 6) is 0.315.